The van der Waals surface area contributed by atoms with E-state index in [1.165, 1.54) is 0 Å². The highest BCUT2D eigenvalue weighted by molar-refractivity contribution is 5.89. The van der Waals surface area contributed by atoms with Gasteiger partial charge >= 0.3 is 5.97 Å². The van der Waals surface area contributed by atoms with Crippen molar-refractivity contribution in [1.82, 2.24) is 14.4 Å². The Bertz CT molecular complexity index is 545. The van der Waals surface area contributed by atoms with Gasteiger partial charge in [-0.25, -0.2) is 9.78 Å². The van der Waals surface area contributed by atoms with Crippen LogP contribution in [0.2, 0.25) is 0 Å². The number of carbonyl (C=O) groups is 1. The summed E-state index contributed by atoms with van der Waals surface area (Å²) in [5.74, 6) is -0.388. The van der Waals surface area contributed by atoms with E-state index in [4.69, 9.17) is 4.74 Å². The topological polar surface area (TPSA) is 56.5 Å². The van der Waals surface area contributed by atoms with Gasteiger partial charge < -0.3 is 9.14 Å². The van der Waals surface area contributed by atoms with Gasteiger partial charge in [0.05, 0.1) is 24.2 Å². The maximum absolute atomic E-state index is 11.6. The lowest BCUT2D eigenvalue weighted by Crippen LogP contribution is -2.06. The Kier molecular flexibility index (Phi) is 2.60. The smallest absolute Gasteiger partial charge is 0.358 e. The van der Waals surface area contributed by atoms with Gasteiger partial charge in [-0.15, -0.1) is 0 Å². The van der Waals surface area contributed by atoms with Gasteiger partial charge in [-0.2, -0.15) is 0 Å². The minimum Gasteiger partial charge on any atom is -0.461 e. The number of rotatable bonds is 2. The Balaban J connectivity index is 2.56. The number of aryl methyl sites for hydroxylation is 2. The summed E-state index contributed by atoms with van der Waals surface area (Å²) in [6.45, 7) is 5.85. The van der Waals surface area contributed by atoms with E-state index in [0.29, 0.717) is 17.9 Å². The molecule has 0 aliphatic rings. The molecule has 2 aromatic rings. The van der Waals surface area contributed by atoms with Crippen LogP contribution in [0, 0.1) is 13.8 Å². The number of imidazole rings is 1. The van der Waals surface area contributed by atoms with E-state index in [0.717, 1.165) is 11.4 Å². The van der Waals surface area contributed by atoms with Crippen LogP contribution in [-0.4, -0.2) is 26.9 Å². The van der Waals surface area contributed by atoms with Gasteiger partial charge in [0.1, 0.15) is 0 Å². The molecule has 0 bridgehead atoms. The zero-order valence-electron chi connectivity index (χ0n) is 9.52. The third kappa shape index (κ3) is 1.64. The van der Waals surface area contributed by atoms with Crippen LogP contribution in [0.4, 0.5) is 0 Å². The zero-order valence-corrected chi connectivity index (χ0v) is 9.52. The number of fused-ring (bicyclic) bond motifs is 1. The first-order valence-corrected chi connectivity index (χ1v) is 5.12. The van der Waals surface area contributed by atoms with Gasteiger partial charge in [0.25, 0.3) is 0 Å². The fourth-order valence-corrected chi connectivity index (χ4v) is 1.56. The van der Waals surface area contributed by atoms with Crippen LogP contribution < -0.4 is 0 Å². The van der Waals surface area contributed by atoms with Crippen molar-refractivity contribution < 1.29 is 9.53 Å². The molecule has 2 aromatic heterocycles. The monoisotopic (exact) mass is 219 g/mol. The van der Waals surface area contributed by atoms with Crippen molar-refractivity contribution in [2.45, 2.75) is 20.8 Å². The highest BCUT2D eigenvalue weighted by Gasteiger charge is 2.16. The van der Waals surface area contributed by atoms with Gasteiger partial charge in [0.15, 0.2) is 11.3 Å². The maximum Gasteiger partial charge on any atom is 0.358 e. The lowest BCUT2D eigenvalue weighted by molar-refractivity contribution is 0.0519. The average molecular weight is 219 g/mol. The van der Waals surface area contributed by atoms with E-state index >= 15 is 0 Å². The van der Waals surface area contributed by atoms with E-state index < -0.39 is 0 Å². The number of hydrogen-bond acceptors (Lipinski definition) is 4. The van der Waals surface area contributed by atoms with Crippen LogP contribution in [0.1, 0.15) is 28.8 Å². The molecule has 84 valence electrons. The summed E-state index contributed by atoms with van der Waals surface area (Å²) in [4.78, 5) is 19.9. The van der Waals surface area contributed by atoms with Crippen molar-refractivity contribution >= 4 is 11.6 Å². The number of carbonyl (C=O) groups excluding carboxylic acids is 1. The molecule has 0 saturated heterocycles. The second-order valence-electron chi connectivity index (χ2n) is 3.52. The van der Waals surface area contributed by atoms with Crippen molar-refractivity contribution in [3.63, 3.8) is 0 Å². The minimum atomic E-state index is -0.388. The fraction of sp³-hybridized carbons (Fsp3) is 0.364. The first kappa shape index (κ1) is 10.6. The standard InChI is InChI=1S/C11H13N3O2/c1-4-16-11(15)10-8(3)14-6-7(2)12-5-9(14)13-10/h5-6H,4H2,1-3H3. The highest BCUT2D eigenvalue weighted by atomic mass is 16.5. The molecule has 0 amide bonds. The van der Waals surface area contributed by atoms with E-state index in [2.05, 4.69) is 9.97 Å². The molecule has 2 rings (SSSR count). The van der Waals surface area contributed by atoms with Gasteiger partial charge in [-0.1, -0.05) is 0 Å². The average Bonchev–Trinajstić information content (AvgIpc) is 2.57. The number of nitrogens with zero attached hydrogens (tertiary/aromatic N) is 3. The van der Waals surface area contributed by atoms with Crippen LogP contribution in [-0.2, 0) is 4.74 Å². The molecule has 0 unspecified atom stereocenters. The van der Waals surface area contributed by atoms with E-state index in [1.54, 1.807) is 13.1 Å². The molecular weight excluding hydrogens is 206 g/mol. The Morgan fingerprint density at radius 2 is 2.25 bits per heavy atom. The Hall–Kier alpha value is -1.91. The quantitative estimate of drug-likeness (QED) is 0.718. The largest absolute Gasteiger partial charge is 0.461 e. The number of hydrogen-bond donors (Lipinski definition) is 0. The summed E-state index contributed by atoms with van der Waals surface area (Å²) in [6, 6.07) is 0. The molecule has 16 heavy (non-hydrogen) atoms. The SMILES string of the molecule is CCOC(=O)c1nc2cnc(C)cn2c1C. The van der Waals surface area contributed by atoms with Gasteiger partial charge in [-0.3, -0.25) is 4.98 Å². The molecule has 5 nitrogen and oxygen atoms in total. The highest BCUT2D eigenvalue weighted by Crippen LogP contribution is 2.12. The molecule has 0 radical (unpaired) electrons. The molecule has 0 aromatic carbocycles. The van der Waals surface area contributed by atoms with E-state index in [9.17, 15) is 4.79 Å². The molecule has 0 aliphatic carbocycles. The first-order valence-electron chi connectivity index (χ1n) is 5.12. The Morgan fingerprint density at radius 3 is 2.94 bits per heavy atom. The zero-order chi connectivity index (χ0) is 11.7. The summed E-state index contributed by atoms with van der Waals surface area (Å²) < 4.78 is 6.78. The lowest BCUT2D eigenvalue weighted by atomic mass is 10.3. The van der Waals surface area contributed by atoms with Gasteiger partial charge in [0, 0.05) is 6.20 Å². The lowest BCUT2D eigenvalue weighted by Gasteiger charge is -1.99. The molecule has 5 heteroatoms. The molecule has 2 heterocycles. The van der Waals surface area contributed by atoms with Crippen LogP contribution in [0.5, 0.6) is 0 Å². The summed E-state index contributed by atoms with van der Waals surface area (Å²) in [7, 11) is 0. The summed E-state index contributed by atoms with van der Waals surface area (Å²) >= 11 is 0. The predicted octanol–water partition coefficient (Wildman–Crippen LogP) is 1.52. The van der Waals surface area contributed by atoms with E-state index in [1.807, 2.05) is 24.4 Å². The fourth-order valence-electron chi connectivity index (χ4n) is 1.56. The summed E-state index contributed by atoms with van der Waals surface area (Å²) in [6.07, 6.45) is 3.49. The van der Waals surface area contributed by atoms with Crippen LogP contribution in [0.3, 0.4) is 0 Å². The molecule has 0 N–H and O–H groups in total. The summed E-state index contributed by atoms with van der Waals surface area (Å²) in [5, 5.41) is 0. The predicted molar refractivity (Wildman–Crippen MR) is 58.4 cm³/mol. The Morgan fingerprint density at radius 1 is 1.50 bits per heavy atom. The van der Waals surface area contributed by atoms with Crippen molar-refractivity contribution in [1.29, 1.82) is 0 Å². The molecule has 0 atom stereocenters. The number of esters is 1. The number of ether oxygens (including phenoxy) is 1. The van der Waals surface area contributed by atoms with Crippen molar-refractivity contribution in [3.05, 3.63) is 29.5 Å². The van der Waals surface area contributed by atoms with Crippen molar-refractivity contribution in [2.24, 2.45) is 0 Å². The van der Waals surface area contributed by atoms with E-state index in [-0.39, 0.29) is 5.97 Å². The van der Waals surface area contributed by atoms with Crippen LogP contribution in [0.15, 0.2) is 12.4 Å². The molecule has 0 saturated carbocycles. The summed E-state index contributed by atoms with van der Waals surface area (Å²) in [5.41, 5.74) is 2.67. The van der Waals surface area contributed by atoms with Gasteiger partial charge in [0.2, 0.25) is 0 Å². The third-order valence-corrected chi connectivity index (χ3v) is 2.35. The minimum absolute atomic E-state index is 0.351. The van der Waals surface area contributed by atoms with Crippen molar-refractivity contribution in [2.75, 3.05) is 6.61 Å². The third-order valence-electron chi connectivity index (χ3n) is 2.35. The van der Waals surface area contributed by atoms with Crippen LogP contribution >= 0.6 is 0 Å². The second kappa shape index (κ2) is 3.92. The first-order chi connectivity index (χ1) is 7.63. The van der Waals surface area contributed by atoms with Crippen LogP contribution in [0.25, 0.3) is 5.65 Å². The molecule has 0 spiro atoms. The maximum atomic E-state index is 11.6. The molecule has 0 aliphatic heterocycles. The van der Waals surface area contributed by atoms with Gasteiger partial charge in [-0.05, 0) is 20.8 Å². The Labute approximate surface area is 93.1 Å². The molecular formula is C11H13N3O2. The van der Waals surface area contributed by atoms with Crippen molar-refractivity contribution in [3.8, 4) is 0 Å². The number of aromatic nitrogens is 3. The second-order valence-corrected chi connectivity index (χ2v) is 3.52. The normalized spacial score (nSPS) is 10.7. The molecule has 0 fully saturated rings.